The summed E-state index contributed by atoms with van der Waals surface area (Å²) in [4.78, 5) is 22.5. The fraction of sp³-hybridized carbons (Fsp3) is 0.857. The summed E-state index contributed by atoms with van der Waals surface area (Å²) in [5.41, 5.74) is 0. The maximum atomic E-state index is 11.3. The van der Waals surface area contributed by atoms with Gasteiger partial charge in [-0.3, -0.25) is 9.59 Å². The second kappa shape index (κ2) is 19.9. The molecule has 110 valence electrons. The second-order valence-electron chi connectivity index (χ2n) is 4.36. The molecule has 0 heterocycles. The van der Waals surface area contributed by atoms with Crippen molar-refractivity contribution in [1.29, 1.82) is 0 Å². The zero-order valence-corrected chi connectivity index (χ0v) is 11.7. The van der Waals surface area contributed by atoms with Crippen LogP contribution in [0.25, 0.3) is 0 Å². The van der Waals surface area contributed by atoms with E-state index >= 15 is 0 Å². The third-order valence-corrected chi connectivity index (χ3v) is 2.56. The molecule has 6 heteroatoms. The minimum absolute atomic E-state index is 0. The molecule has 0 fully saturated rings. The van der Waals surface area contributed by atoms with Gasteiger partial charge in [0.15, 0.2) is 0 Å². The molecule has 0 amide bonds. The van der Waals surface area contributed by atoms with Crippen LogP contribution in [0.15, 0.2) is 0 Å². The average molecular weight is 306 g/mol. The molecular formula is C14H28Na2O4. The molecule has 0 aromatic rings. The van der Waals surface area contributed by atoms with Crippen molar-refractivity contribution in [3.63, 3.8) is 0 Å². The van der Waals surface area contributed by atoms with Gasteiger partial charge in [-0.2, -0.15) is 0 Å². The van der Waals surface area contributed by atoms with Crippen LogP contribution in [0.3, 0.4) is 0 Å². The third kappa shape index (κ3) is 18.9. The van der Waals surface area contributed by atoms with E-state index in [1.54, 1.807) is 0 Å². The Kier molecular flexibility index (Phi) is 25.8. The van der Waals surface area contributed by atoms with Crippen LogP contribution in [0.5, 0.6) is 0 Å². The Morgan fingerprint density at radius 2 is 1.05 bits per heavy atom. The average Bonchev–Trinajstić information content (AvgIpc) is 2.37. The van der Waals surface area contributed by atoms with Gasteiger partial charge in [-0.1, -0.05) is 39.5 Å². The van der Waals surface area contributed by atoms with Crippen LogP contribution in [0.1, 0.15) is 65.2 Å². The van der Waals surface area contributed by atoms with Gasteiger partial charge in [0, 0.05) is 0 Å². The van der Waals surface area contributed by atoms with Gasteiger partial charge in [0.2, 0.25) is 0 Å². The quantitative estimate of drug-likeness (QED) is 0.332. The van der Waals surface area contributed by atoms with E-state index in [2.05, 4.69) is 13.8 Å². The Morgan fingerprint density at radius 3 is 1.35 bits per heavy atom. The van der Waals surface area contributed by atoms with E-state index in [0.29, 0.717) is 13.2 Å². The summed E-state index contributed by atoms with van der Waals surface area (Å²) in [7, 11) is 0. The van der Waals surface area contributed by atoms with Crippen molar-refractivity contribution in [2.45, 2.75) is 65.2 Å². The zero-order valence-electron chi connectivity index (χ0n) is 11.7. The predicted octanol–water partition coefficient (Wildman–Crippen LogP) is 1.94. The van der Waals surface area contributed by atoms with Crippen molar-refractivity contribution < 1.29 is 19.1 Å². The molecule has 0 N–H and O–H groups in total. The van der Waals surface area contributed by atoms with Crippen LogP contribution >= 0.6 is 0 Å². The number of carbonyl (C=O) groups is 2. The molecule has 0 aliphatic carbocycles. The number of ether oxygens (including phenoxy) is 2. The van der Waals surface area contributed by atoms with Crippen molar-refractivity contribution in [2.24, 2.45) is 0 Å². The summed E-state index contributed by atoms with van der Waals surface area (Å²) in [6, 6.07) is 0. The van der Waals surface area contributed by atoms with E-state index in [9.17, 15) is 9.59 Å². The SMILES string of the molecule is CCCCCOC(=O)CCC(=O)OCCCCC.[NaH].[NaH]. The van der Waals surface area contributed by atoms with E-state index in [1.165, 1.54) is 0 Å². The fourth-order valence-electron chi connectivity index (χ4n) is 1.42. The first-order valence-electron chi connectivity index (χ1n) is 7.02. The Bertz CT molecular complexity index is 211. The normalized spacial score (nSPS) is 9.10. The molecule has 0 aliphatic rings. The molecule has 4 nitrogen and oxygen atoms in total. The van der Waals surface area contributed by atoms with Gasteiger partial charge >= 0.3 is 71.1 Å². The van der Waals surface area contributed by atoms with Gasteiger partial charge in [0.05, 0.1) is 26.1 Å². The number of esters is 2. The number of hydrogen-bond acceptors (Lipinski definition) is 4. The van der Waals surface area contributed by atoms with E-state index in [0.717, 1.165) is 38.5 Å². The van der Waals surface area contributed by atoms with Gasteiger partial charge in [0.25, 0.3) is 0 Å². The van der Waals surface area contributed by atoms with E-state index in [-0.39, 0.29) is 83.9 Å². The molecule has 0 aliphatic heterocycles. The van der Waals surface area contributed by atoms with Gasteiger partial charge in [-0.15, -0.1) is 0 Å². The Hall–Kier alpha value is 0.940. The molecule has 0 unspecified atom stereocenters. The van der Waals surface area contributed by atoms with E-state index < -0.39 is 0 Å². The van der Waals surface area contributed by atoms with Crippen molar-refractivity contribution in [1.82, 2.24) is 0 Å². The molecule has 20 heavy (non-hydrogen) atoms. The van der Waals surface area contributed by atoms with Crippen LogP contribution in [0.4, 0.5) is 0 Å². The summed E-state index contributed by atoms with van der Waals surface area (Å²) >= 11 is 0. The van der Waals surface area contributed by atoms with Gasteiger partial charge in [-0.05, 0) is 12.8 Å². The standard InChI is InChI=1S/C14H26O4.2Na.2H/c1-3-5-7-11-17-13(15)9-10-14(16)18-12-8-6-4-2;;;;/h3-12H2,1-2H3;;;;. The summed E-state index contributed by atoms with van der Waals surface area (Å²) in [6.45, 7) is 5.10. The second-order valence-corrected chi connectivity index (χ2v) is 4.36. The molecule has 0 saturated carbocycles. The molecule has 0 bridgehead atoms. The number of carbonyl (C=O) groups excluding carboxylic acids is 2. The first-order valence-corrected chi connectivity index (χ1v) is 7.02. The molecule has 0 atom stereocenters. The maximum absolute atomic E-state index is 11.3. The molecular weight excluding hydrogens is 278 g/mol. The molecule has 0 rings (SSSR count). The monoisotopic (exact) mass is 306 g/mol. The Morgan fingerprint density at radius 1 is 0.700 bits per heavy atom. The molecule has 0 saturated heterocycles. The third-order valence-electron chi connectivity index (χ3n) is 2.56. The first kappa shape index (κ1) is 25.9. The molecule has 0 aromatic carbocycles. The van der Waals surface area contributed by atoms with Crippen molar-refractivity contribution >= 4 is 71.1 Å². The van der Waals surface area contributed by atoms with Crippen molar-refractivity contribution in [2.75, 3.05) is 13.2 Å². The molecule has 0 aromatic heterocycles. The van der Waals surface area contributed by atoms with Crippen LogP contribution in [-0.4, -0.2) is 84.3 Å². The number of hydrogen-bond donors (Lipinski definition) is 0. The van der Waals surface area contributed by atoms with E-state index in [4.69, 9.17) is 9.47 Å². The summed E-state index contributed by atoms with van der Waals surface area (Å²) in [6.07, 6.45) is 6.35. The van der Waals surface area contributed by atoms with Crippen molar-refractivity contribution in [3.8, 4) is 0 Å². The Balaban J connectivity index is -0.00000144. The summed E-state index contributed by atoms with van der Waals surface area (Å²) < 4.78 is 9.98. The van der Waals surface area contributed by atoms with Crippen LogP contribution < -0.4 is 0 Å². The van der Waals surface area contributed by atoms with Crippen LogP contribution in [-0.2, 0) is 19.1 Å². The number of unbranched alkanes of at least 4 members (excludes halogenated alkanes) is 4. The Labute approximate surface area is 167 Å². The first-order chi connectivity index (χ1) is 8.70. The summed E-state index contributed by atoms with van der Waals surface area (Å²) in [5.74, 6) is -0.617. The van der Waals surface area contributed by atoms with Crippen LogP contribution in [0.2, 0.25) is 0 Å². The van der Waals surface area contributed by atoms with Gasteiger partial charge in [0.1, 0.15) is 0 Å². The number of rotatable bonds is 11. The topological polar surface area (TPSA) is 52.6 Å². The molecule has 0 radical (unpaired) electrons. The fourth-order valence-corrected chi connectivity index (χ4v) is 1.42. The summed E-state index contributed by atoms with van der Waals surface area (Å²) in [5, 5.41) is 0. The van der Waals surface area contributed by atoms with Gasteiger partial charge in [-0.25, -0.2) is 0 Å². The molecule has 0 spiro atoms. The van der Waals surface area contributed by atoms with Crippen molar-refractivity contribution in [3.05, 3.63) is 0 Å². The van der Waals surface area contributed by atoms with Gasteiger partial charge < -0.3 is 9.47 Å². The predicted molar refractivity (Wildman–Crippen MR) is 84.5 cm³/mol. The van der Waals surface area contributed by atoms with E-state index in [1.807, 2.05) is 0 Å². The zero-order chi connectivity index (χ0) is 13.6. The van der Waals surface area contributed by atoms with Crippen LogP contribution in [0, 0.1) is 0 Å². The minimum atomic E-state index is -0.309.